The van der Waals surface area contributed by atoms with E-state index in [1.54, 1.807) is 18.2 Å². The molecule has 0 bridgehead atoms. The molecule has 15 heavy (non-hydrogen) atoms. The lowest BCUT2D eigenvalue weighted by atomic mass is 10.1. The van der Waals surface area contributed by atoms with E-state index in [1.807, 2.05) is 6.07 Å². The molecule has 0 saturated carbocycles. The number of fused-ring (bicyclic) bond motifs is 3. The highest BCUT2D eigenvalue weighted by Gasteiger charge is 2.28. The molecule has 0 unspecified atom stereocenters. The third-order valence-electron chi connectivity index (χ3n) is 2.49. The zero-order valence-corrected chi connectivity index (χ0v) is 7.69. The fourth-order valence-electron chi connectivity index (χ4n) is 1.82. The highest BCUT2D eigenvalue weighted by Crippen LogP contribution is 2.34. The van der Waals surface area contributed by atoms with Gasteiger partial charge in [-0.2, -0.15) is 0 Å². The standard InChI is InChI=1S/C12H6O3/c13-10-6-5-9-11(14)7-3-1-2-4-8(7)12(9)15-10/h1-6H. The Morgan fingerprint density at radius 2 is 1.53 bits per heavy atom. The molecule has 1 heterocycles. The van der Waals surface area contributed by atoms with Crippen LogP contribution in [0.3, 0.4) is 0 Å². The van der Waals surface area contributed by atoms with Crippen molar-refractivity contribution in [3.63, 3.8) is 0 Å². The van der Waals surface area contributed by atoms with Crippen molar-refractivity contribution in [2.24, 2.45) is 0 Å². The summed E-state index contributed by atoms with van der Waals surface area (Å²) in [5.74, 6) is 0.312. The zero-order valence-electron chi connectivity index (χ0n) is 7.69. The van der Waals surface area contributed by atoms with E-state index in [-0.39, 0.29) is 5.78 Å². The number of ketones is 1. The van der Waals surface area contributed by atoms with Gasteiger partial charge in [0.05, 0.1) is 5.56 Å². The van der Waals surface area contributed by atoms with Crippen LogP contribution in [0.4, 0.5) is 0 Å². The molecule has 0 atom stereocenters. The number of hydrogen-bond donors (Lipinski definition) is 0. The Bertz CT molecular complexity index is 623. The first-order chi connectivity index (χ1) is 7.27. The van der Waals surface area contributed by atoms with E-state index >= 15 is 0 Å². The molecule has 1 aliphatic carbocycles. The van der Waals surface area contributed by atoms with Gasteiger partial charge in [-0.25, -0.2) is 4.79 Å². The molecule has 3 nitrogen and oxygen atoms in total. The van der Waals surface area contributed by atoms with Crippen LogP contribution in [0.1, 0.15) is 15.9 Å². The number of carbonyl (C=O) groups excluding carboxylic acids is 1. The fraction of sp³-hybridized carbons (Fsp3) is 0. The van der Waals surface area contributed by atoms with Gasteiger partial charge in [-0.1, -0.05) is 24.3 Å². The third kappa shape index (κ3) is 1.00. The minimum absolute atomic E-state index is 0.0793. The summed E-state index contributed by atoms with van der Waals surface area (Å²) in [6.45, 7) is 0. The van der Waals surface area contributed by atoms with Crippen LogP contribution >= 0.6 is 0 Å². The molecule has 0 fully saturated rings. The highest BCUT2D eigenvalue weighted by molar-refractivity contribution is 6.20. The second-order valence-corrected chi connectivity index (χ2v) is 3.37. The summed E-state index contributed by atoms with van der Waals surface area (Å²) in [5, 5.41) is 0. The number of hydrogen-bond acceptors (Lipinski definition) is 3. The van der Waals surface area contributed by atoms with Crippen LogP contribution in [0.25, 0.3) is 11.3 Å². The normalized spacial score (nSPS) is 12.4. The summed E-state index contributed by atoms with van der Waals surface area (Å²) in [5.41, 5.74) is 1.34. The van der Waals surface area contributed by atoms with Gasteiger partial charge in [0.15, 0.2) is 5.78 Å². The quantitative estimate of drug-likeness (QED) is 0.553. The first-order valence-corrected chi connectivity index (χ1v) is 4.55. The average Bonchev–Trinajstić information content (AvgIpc) is 2.54. The molecule has 0 spiro atoms. The molecular weight excluding hydrogens is 192 g/mol. The summed E-state index contributed by atoms with van der Waals surface area (Å²) in [4.78, 5) is 22.9. The molecule has 0 N–H and O–H groups in total. The topological polar surface area (TPSA) is 47.3 Å². The predicted molar refractivity (Wildman–Crippen MR) is 53.8 cm³/mol. The van der Waals surface area contributed by atoms with E-state index in [9.17, 15) is 9.59 Å². The summed E-state index contributed by atoms with van der Waals surface area (Å²) in [6.07, 6.45) is 0. The molecule has 0 radical (unpaired) electrons. The zero-order chi connectivity index (χ0) is 10.4. The lowest BCUT2D eigenvalue weighted by Crippen LogP contribution is -1.99. The first-order valence-electron chi connectivity index (χ1n) is 4.55. The van der Waals surface area contributed by atoms with Crippen molar-refractivity contribution in [1.29, 1.82) is 0 Å². The molecule has 3 heteroatoms. The molecular formula is C12H6O3. The lowest BCUT2D eigenvalue weighted by Gasteiger charge is -1.95. The first kappa shape index (κ1) is 8.17. The Kier molecular flexibility index (Phi) is 1.45. The molecule has 1 aromatic carbocycles. The monoisotopic (exact) mass is 198 g/mol. The molecule has 0 saturated heterocycles. The minimum Gasteiger partial charge on any atom is -0.422 e. The molecule has 1 aromatic heterocycles. The van der Waals surface area contributed by atoms with Gasteiger partial charge in [0.25, 0.3) is 0 Å². The van der Waals surface area contributed by atoms with Crippen molar-refractivity contribution in [1.82, 2.24) is 0 Å². The summed E-state index contributed by atoms with van der Waals surface area (Å²) in [6, 6.07) is 9.90. The van der Waals surface area contributed by atoms with Crippen molar-refractivity contribution < 1.29 is 9.21 Å². The van der Waals surface area contributed by atoms with Crippen LogP contribution in [-0.2, 0) is 0 Å². The molecule has 72 valence electrons. The Balaban J connectivity index is 2.44. The van der Waals surface area contributed by atoms with Gasteiger partial charge in [0, 0.05) is 17.2 Å². The number of benzene rings is 1. The van der Waals surface area contributed by atoms with Crippen LogP contribution in [0.5, 0.6) is 0 Å². The van der Waals surface area contributed by atoms with Crippen LogP contribution < -0.4 is 5.63 Å². The Labute approximate surface area is 85.0 Å². The van der Waals surface area contributed by atoms with Gasteiger partial charge in [-0.15, -0.1) is 0 Å². The van der Waals surface area contributed by atoms with E-state index in [1.165, 1.54) is 12.1 Å². The van der Waals surface area contributed by atoms with E-state index in [0.717, 1.165) is 0 Å². The molecule has 0 aliphatic heterocycles. The van der Waals surface area contributed by atoms with Crippen molar-refractivity contribution in [2.75, 3.05) is 0 Å². The van der Waals surface area contributed by atoms with Crippen molar-refractivity contribution in [2.45, 2.75) is 0 Å². The summed E-state index contributed by atoms with van der Waals surface area (Å²) >= 11 is 0. The van der Waals surface area contributed by atoms with Crippen LogP contribution in [-0.4, -0.2) is 5.78 Å². The second kappa shape index (κ2) is 2.67. The average molecular weight is 198 g/mol. The maximum Gasteiger partial charge on any atom is 0.336 e. The fourth-order valence-corrected chi connectivity index (χ4v) is 1.82. The Hall–Kier alpha value is -2.16. The molecule has 1 aliphatic rings. The van der Waals surface area contributed by atoms with Gasteiger partial charge in [-0.05, 0) is 6.07 Å². The second-order valence-electron chi connectivity index (χ2n) is 3.37. The third-order valence-corrected chi connectivity index (χ3v) is 2.49. The van der Waals surface area contributed by atoms with Gasteiger partial charge < -0.3 is 4.42 Å². The summed E-state index contributed by atoms with van der Waals surface area (Å²) in [7, 11) is 0. The Morgan fingerprint density at radius 1 is 0.800 bits per heavy atom. The van der Waals surface area contributed by atoms with E-state index < -0.39 is 5.63 Å². The largest absolute Gasteiger partial charge is 0.422 e. The van der Waals surface area contributed by atoms with Crippen LogP contribution in [0.15, 0.2) is 45.6 Å². The maximum atomic E-state index is 11.8. The highest BCUT2D eigenvalue weighted by atomic mass is 16.4. The van der Waals surface area contributed by atoms with Crippen molar-refractivity contribution in [3.8, 4) is 11.3 Å². The van der Waals surface area contributed by atoms with Crippen molar-refractivity contribution >= 4 is 5.78 Å². The maximum absolute atomic E-state index is 11.8. The molecule has 2 aromatic rings. The van der Waals surface area contributed by atoms with Crippen molar-refractivity contribution in [3.05, 3.63) is 57.9 Å². The number of carbonyl (C=O) groups is 1. The molecule has 3 rings (SSSR count). The van der Waals surface area contributed by atoms with E-state index in [0.29, 0.717) is 22.5 Å². The van der Waals surface area contributed by atoms with Gasteiger partial charge in [0.1, 0.15) is 5.76 Å². The van der Waals surface area contributed by atoms with Crippen LogP contribution in [0.2, 0.25) is 0 Å². The van der Waals surface area contributed by atoms with E-state index in [2.05, 4.69) is 0 Å². The summed E-state index contributed by atoms with van der Waals surface area (Å²) < 4.78 is 5.04. The van der Waals surface area contributed by atoms with Gasteiger partial charge >= 0.3 is 5.63 Å². The SMILES string of the molecule is O=C1c2ccccc2-c2oc(=O)ccc21. The van der Waals surface area contributed by atoms with Gasteiger partial charge in [-0.3, -0.25) is 4.79 Å². The van der Waals surface area contributed by atoms with Gasteiger partial charge in [0.2, 0.25) is 0 Å². The van der Waals surface area contributed by atoms with E-state index in [4.69, 9.17) is 4.42 Å². The van der Waals surface area contributed by atoms with Crippen LogP contribution in [0, 0.1) is 0 Å². The Morgan fingerprint density at radius 3 is 2.33 bits per heavy atom. The number of rotatable bonds is 0. The predicted octanol–water partition coefficient (Wildman–Crippen LogP) is 1.85. The lowest BCUT2D eigenvalue weighted by molar-refractivity contribution is 0.104. The smallest absolute Gasteiger partial charge is 0.336 e. The minimum atomic E-state index is -0.432. The molecule has 0 amide bonds.